The minimum Gasteiger partial charge on any atom is -0.396 e. The molecule has 1 aliphatic carbocycles. The summed E-state index contributed by atoms with van der Waals surface area (Å²) in [7, 11) is 0. The lowest BCUT2D eigenvalue weighted by atomic mass is 9.58. The Morgan fingerprint density at radius 1 is 1.40 bits per heavy atom. The van der Waals surface area contributed by atoms with Crippen LogP contribution in [-0.4, -0.2) is 17.8 Å². The number of aliphatic hydroxyl groups is 1. The van der Waals surface area contributed by atoms with Crippen LogP contribution in [-0.2, 0) is 0 Å². The third-order valence-electron chi connectivity index (χ3n) is 4.56. The van der Waals surface area contributed by atoms with Gasteiger partial charge >= 0.3 is 0 Å². The highest BCUT2D eigenvalue weighted by molar-refractivity contribution is 4.96. The van der Waals surface area contributed by atoms with Crippen LogP contribution in [0.3, 0.4) is 0 Å². The fourth-order valence-electron chi connectivity index (χ4n) is 3.44. The SMILES string of the molecule is CCC(N)C1(CCO)CC(C)CCC1C. The van der Waals surface area contributed by atoms with Crippen molar-refractivity contribution in [3.05, 3.63) is 0 Å². The van der Waals surface area contributed by atoms with Crippen LogP contribution in [0.15, 0.2) is 0 Å². The molecule has 2 nitrogen and oxygen atoms in total. The van der Waals surface area contributed by atoms with Crippen molar-refractivity contribution in [2.24, 2.45) is 23.0 Å². The fraction of sp³-hybridized carbons (Fsp3) is 1.00. The van der Waals surface area contributed by atoms with E-state index in [0.717, 1.165) is 18.8 Å². The summed E-state index contributed by atoms with van der Waals surface area (Å²) >= 11 is 0. The first-order valence-electron chi connectivity index (χ1n) is 6.43. The van der Waals surface area contributed by atoms with E-state index in [0.29, 0.717) is 5.92 Å². The van der Waals surface area contributed by atoms with Crippen LogP contribution >= 0.6 is 0 Å². The van der Waals surface area contributed by atoms with Crippen molar-refractivity contribution in [3.8, 4) is 0 Å². The standard InChI is InChI=1S/C13H27NO/c1-4-12(14)13(7-8-15)9-10(2)5-6-11(13)3/h10-12,15H,4-9,14H2,1-3H3. The molecule has 1 aliphatic rings. The summed E-state index contributed by atoms with van der Waals surface area (Å²) < 4.78 is 0. The molecule has 0 aromatic rings. The zero-order valence-corrected chi connectivity index (χ0v) is 10.5. The number of hydrogen-bond donors (Lipinski definition) is 2. The highest BCUT2D eigenvalue weighted by Crippen LogP contribution is 2.48. The number of hydrogen-bond acceptors (Lipinski definition) is 2. The molecular weight excluding hydrogens is 186 g/mol. The third-order valence-corrected chi connectivity index (χ3v) is 4.56. The quantitative estimate of drug-likeness (QED) is 0.754. The first-order chi connectivity index (χ1) is 7.06. The van der Waals surface area contributed by atoms with E-state index in [9.17, 15) is 5.11 Å². The molecular formula is C13H27NO. The summed E-state index contributed by atoms with van der Waals surface area (Å²) in [4.78, 5) is 0. The molecule has 0 radical (unpaired) electrons. The highest BCUT2D eigenvalue weighted by atomic mass is 16.3. The molecule has 0 aromatic heterocycles. The van der Waals surface area contributed by atoms with Gasteiger partial charge in [-0.05, 0) is 42.9 Å². The molecule has 1 rings (SSSR count). The van der Waals surface area contributed by atoms with Crippen molar-refractivity contribution in [2.45, 2.75) is 58.9 Å². The zero-order valence-electron chi connectivity index (χ0n) is 10.5. The Bertz CT molecular complexity index is 189. The smallest absolute Gasteiger partial charge is 0.0437 e. The van der Waals surface area contributed by atoms with Crippen LogP contribution < -0.4 is 5.73 Å². The minimum atomic E-state index is 0.196. The second-order valence-electron chi connectivity index (χ2n) is 5.51. The van der Waals surface area contributed by atoms with Gasteiger partial charge in [-0.15, -0.1) is 0 Å². The van der Waals surface area contributed by atoms with Gasteiger partial charge in [0, 0.05) is 12.6 Å². The lowest BCUT2D eigenvalue weighted by molar-refractivity contribution is 0.0186. The van der Waals surface area contributed by atoms with Crippen LogP contribution in [0, 0.1) is 17.3 Å². The Morgan fingerprint density at radius 3 is 2.60 bits per heavy atom. The van der Waals surface area contributed by atoms with E-state index in [1.54, 1.807) is 0 Å². The molecule has 90 valence electrons. The van der Waals surface area contributed by atoms with Gasteiger partial charge in [-0.3, -0.25) is 0 Å². The maximum atomic E-state index is 9.28. The van der Waals surface area contributed by atoms with E-state index in [4.69, 9.17) is 5.73 Å². The predicted molar refractivity (Wildman–Crippen MR) is 64.6 cm³/mol. The number of nitrogens with two attached hydrogens (primary N) is 1. The topological polar surface area (TPSA) is 46.2 Å². The molecule has 0 heterocycles. The van der Waals surface area contributed by atoms with E-state index < -0.39 is 0 Å². The Labute approximate surface area is 94.2 Å². The van der Waals surface area contributed by atoms with E-state index in [-0.39, 0.29) is 18.1 Å². The van der Waals surface area contributed by atoms with Gasteiger partial charge in [0.1, 0.15) is 0 Å². The molecule has 2 heteroatoms. The first-order valence-corrected chi connectivity index (χ1v) is 6.43. The van der Waals surface area contributed by atoms with Crippen molar-refractivity contribution in [1.82, 2.24) is 0 Å². The van der Waals surface area contributed by atoms with Gasteiger partial charge in [0.2, 0.25) is 0 Å². The van der Waals surface area contributed by atoms with Crippen molar-refractivity contribution in [3.63, 3.8) is 0 Å². The Morgan fingerprint density at radius 2 is 2.07 bits per heavy atom. The van der Waals surface area contributed by atoms with Crippen molar-refractivity contribution in [2.75, 3.05) is 6.61 Å². The molecule has 15 heavy (non-hydrogen) atoms. The van der Waals surface area contributed by atoms with E-state index >= 15 is 0 Å². The predicted octanol–water partition coefficient (Wildman–Crippen LogP) is 2.55. The summed E-state index contributed by atoms with van der Waals surface area (Å²) in [6, 6.07) is 0.252. The first kappa shape index (κ1) is 13.0. The Balaban J connectivity index is 2.84. The van der Waals surface area contributed by atoms with Crippen LogP contribution in [0.4, 0.5) is 0 Å². The Hall–Kier alpha value is -0.0800. The molecule has 0 bridgehead atoms. The second-order valence-corrected chi connectivity index (χ2v) is 5.51. The summed E-state index contributed by atoms with van der Waals surface area (Å²) in [6.07, 6.45) is 5.70. The summed E-state index contributed by atoms with van der Waals surface area (Å²) in [5.41, 5.74) is 6.51. The average molecular weight is 213 g/mol. The molecule has 0 aliphatic heterocycles. The van der Waals surface area contributed by atoms with E-state index in [2.05, 4.69) is 20.8 Å². The highest BCUT2D eigenvalue weighted by Gasteiger charge is 2.43. The largest absolute Gasteiger partial charge is 0.396 e. The lowest BCUT2D eigenvalue weighted by Crippen LogP contribution is -2.49. The van der Waals surface area contributed by atoms with Crippen molar-refractivity contribution < 1.29 is 5.11 Å². The number of aliphatic hydroxyl groups excluding tert-OH is 1. The van der Waals surface area contributed by atoms with Gasteiger partial charge in [0.15, 0.2) is 0 Å². The maximum Gasteiger partial charge on any atom is 0.0437 e. The van der Waals surface area contributed by atoms with Crippen molar-refractivity contribution >= 4 is 0 Å². The van der Waals surface area contributed by atoms with Gasteiger partial charge in [0.05, 0.1) is 0 Å². The second kappa shape index (κ2) is 5.31. The molecule has 0 saturated heterocycles. The van der Waals surface area contributed by atoms with Crippen LogP contribution in [0.2, 0.25) is 0 Å². The third kappa shape index (κ3) is 2.54. The van der Waals surface area contributed by atoms with Gasteiger partial charge in [-0.25, -0.2) is 0 Å². The van der Waals surface area contributed by atoms with Gasteiger partial charge in [-0.2, -0.15) is 0 Å². The Kier molecular flexibility index (Phi) is 4.60. The van der Waals surface area contributed by atoms with E-state index in [1.165, 1.54) is 19.3 Å². The van der Waals surface area contributed by atoms with E-state index in [1.807, 2.05) is 0 Å². The molecule has 0 amide bonds. The summed E-state index contributed by atoms with van der Waals surface area (Å²) in [5, 5.41) is 9.28. The minimum absolute atomic E-state index is 0.196. The maximum absolute atomic E-state index is 9.28. The van der Waals surface area contributed by atoms with Crippen LogP contribution in [0.25, 0.3) is 0 Å². The van der Waals surface area contributed by atoms with Gasteiger partial charge < -0.3 is 10.8 Å². The molecule has 1 saturated carbocycles. The van der Waals surface area contributed by atoms with Gasteiger partial charge in [-0.1, -0.05) is 27.2 Å². The van der Waals surface area contributed by atoms with Crippen LogP contribution in [0.5, 0.6) is 0 Å². The lowest BCUT2D eigenvalue weighted by Gasteiger charge is -2.49. The molecule has 4 atom stereocenters. The number of rotatable bonds is 4. The molecule has 4 unspecified atom stereocenters. The normalized spacial score (nSPS) is 39.0. The van der Waals surface area contributed by atoms with Gasteiger partial charge in [0.25, 0.3) is 0 Å². The summed E-state index contributed by atoms with van der Waals surface area (Å²) in [6.45, 7) is 7.08. The monoisotopic (exact) mass is 213 g/mol. The van der Waals surface area contributed by atoms with Crippen molar-refractivity contribution in [1.29, 1.82) is 0 Å². The zero-order chi connectivity index (χ0) is 11.5. The molecule has 0 aromatic carbocycles. The molecule has 0 spiro atoms. The summed E-state index contributed by atoms with van der Waals surface area (Å²) in [5.74, 6) is 1.43. The average Bonchev–Trinajstić information content (AvgIpc) is 2.22. The fourth-order valence-corrected chi connectivity index (χ4v) is 3.44. The van der Waals surface area contributed by atoms with Crippen LogP contribution in [0.1, 0.15) is 52.9 Å². The molecule has 1 fully saturated rings. The molecule has 3 N–H and O–H groups in total.